The number of carbonyl (C=O) groups is 1. The molecular formula is C32H45N3O2. The van der Waals surface area contributed by atoms with Gasteiger partial charge in [-0.05, 0) is 99.8 Å². The summed E-state index contributed by atoms with van der Waals surface area (Å²) in [4.78, 5) is 20.0. The largest absolute Gasteiger partial charge is 0.497 e. The minimum atomic E-state index is -0.0713. The van der Waals surface area contributed by atoms with Crippen molar-refractivity contribution >= 4 is 5.91 Å². The standard InChI is InChI=1S/C18H26N2O2.C14H19N/c1-3-19-11-8-18(9-12-19)10-13-20(17(18)21)14-15-4-6-16(22-2)7-5-15;1-2-4-13(5-3-1)14-8-9-15(11-14)10-12-6-7-12/h4-7H,3,8-14H2,1-2H3;1-5,12,14H,6-11H2. The molecule has 0 radical (unpaired) electrons. The van der Waals surface area contributed by atoms with Gasteiger partial charge in [-0.1, -0.05) is 49.4 Å². The van der Waals surface area contributed by atoms with Crippen molar-refractivity contribution < 1.29 is 9.53 Å². The molecule has 1 spiro atoms. The summed E-state index contributed by atoms with van der Waals surface area (Å²) in [6.45, 7) is 11.0. The molecule has 200 valence electrons. The van der Waals surface area contributed by atoms with E-state index < -0.39 is 0 Å². The maximum absolute atomic E-state index is 12.9. The van der Waals surface area contributed by atoms with E-state index in [1.54, 1.807) is 7.11 Å². The highest BCUT2D eigenvalue weighted by molar-refractivity contribution is 5.85. The number of hydrogen-bond acceptors (Lipinski definition) is 4. The molecule has 1 aliphatic carbocycles. The SMILES string of the molecule is CCN1CCC2(CC1)CCN(Cc1ccc(OC)cc1)C2=O.c1ccc(C2CCN(CC3CC3)C2)cc1. The predicted molar refractivity (Wildman–Crippen MR) is 150 cm³/mol. The van der Waals surface area contributed by atoms with Gasteiger partial charge in [0.25, 0.3) is 0 Å². The Morgan fingerprint density at radius 2 is 1.57 bits per heavy atom. The highest BCUT2D eigenvalue weighted by Crippen LogP contribution is 2.42. The second-order valence-corrected chi connectivity index (χ2v) is 11.6. The fraction of sp³-hybridized carbons (Fsp3) is 0.594. The molecular weight excluding hydrogens is 458 g/mol. The summed E-state index contributed by atoms with van der Waals surface area (Å²) in [6.07, 6.45) is 7.40. The minimum absolute atomic E-state index is 0.0713. The average Bonchev–Trinajstić information content (AvgIpc) is 3.57. The van der Waals surface area contributed by atoms with Gasteiger partial charge in [-0.3, -0.25) is 4.79 Å². The molecule has 1 unspecified atom stereocenters. The van der Waals surface area contributed by atoms with Crippen LogP contribution in [0.1, 0.15) is 62.5 Å². The molecule has 0 bridgehead atoms. The average molecular weight is 504 g/mol. The number of benzene rings is 2. The summed E-state index contributed by atoms with van der Waals surface area (Å²) in [6, 6.07) is 19.0. The number of carbonyl (C=O) groups excluding carboxylic acids is 1. The molecule has 5 heteroatoms. The highest BCUT2D eigenvalue weighted by atomic mass is 16.5. The Balaban J connectivity index is 0.000000162. The van der Waals surface area contributed by atoms with E-state index in [0.717, 1.165) is 69.6 Å². The molecule has 4 aliphatic rings. The number of rotatable bonds is 7. The molecule has 0 aromatic heterocycles. The molecule has 4 fully saturated rings. The summed E-state index contributed by atoms with van der Waals surface area (Å²) in [5.74, 6) is 3.07. The van der Waals surface area contributed by atoms with E-state index in [1.807, 2.05) is 17.0 Å². The zero-order valence-corrected chi connectivity index (χ0v) is 22.9. The van der Waals surface area contributed by atoms with Gasteiger partial charge in [0, 0.05) is 26.2 Å². The van der Waals surface area contributed by atoms with Gasteiger partial charge in [-0.2, -0.15) is 0 Å². The quantitative estimate of drug-likeness (QED) is 0.506. The molecule has 1 saturated carbocycles. The predicted octanol–water partition coefficient (Wildman–Crippen LogP) is 5.42. The van der Waals surface area contributed by atoms with Crippen molar-refractivity contribution in [2.24, 2.45) is 11.3 Å². The Kier molecular flexibility index (Phi) is 8.51. The molecule has 6 rings (SSSR count). The van der Waals surface area contributed by atoms with Gasteiger partial charge in [-0.15, -0.1) is 0 Å². The van der Waals surface area contributed by atoms with Crippen LogP contribution in [0, 0.1) is 11.3 Å². The van der Waals surface area contributed by atoms with E-state index >= 15 is 0 Å². The maximum Gasteiger partial charge on any atom is 0.229 e. The molecule has 1 amide bonds. The molecule has 3 heterocycles. The van der Waals surface area contributed by atoms with E-state index in [2.05, 4.69) is 59.2 Å². The molecule has 5 nitrogen and oxygen atoms in total. The van der Waals surface area contributed by atoms with Gasteiger partial charge in [0.1, 0.15) is 5.75 Å². The summed E-state index contributed by atoms with van der Waals surface area (Å²) >= 11 is 0. The Hall–Kier alpha value is -2.37. The first-order valence-corrected chi connectivity index (χ1v) is 14.5. The Morgan fingerprint density at radius 3 is 2.22 bits per heavy atom. The van der Waals surface area contributed by atoms with Crippen molar-refractivity contribution in [3.05, 3.63) is 65.7 Å². The van der Waals surface area contributed by atoms with Crippen LogP contribution in [-0.4, -0.2) is 73.5 Å². The molecule has 1 atom stereocenters. The maximum atomic E-state index is 12.9. The van der Waals surface area contributed by atoms with Gasteiger partial charge in [0.15, 0.2) is 0 Å². The van der Waals surface area contributed by atoms with E-state index in [0.29, 0.717) is 5.91 Å². The van der Waals surface area contributed by atoms with Crippen LogP contribution in [-0.2, 0) is 11.3 Å². The van der Waals surface area contributed by atoms with Crippen molar-refractivity contribution in [3.8, 4) is 5.75 Å². The lowest BCUT2D eigenvalue weighted by atomic mass is 9.77. The number of likely N-dealkylation sites (tertiary alicyclic amines) is 3. The van der Waals surface area contributed by atoms with E-state index in [1.165, 1.54) is 50.0 Å². The normalized spacial score (nSPS) is 23.8. The Labute approximate surface area is 223 Å². The molecule has 2 aromatic rings. The fourth-order valence-corrected chi connectivity index (χ4v) is 6.42. The lowest BCUT2D eigenvalue weighted by Crippen LogP contribution is -2.44. The van der Waals surface area contributed by atoms with Crippen molar-refractivity contribution in [1.82, 2.24) is 14.7 Å². The van der Waals surface area contributed by atoms with Gasteiger partial charge in [-0.25, -0.2) is 0 Å². The molecule has 37 heavy (non-hydrogen) atoms. The number of methoxy groups -OCH3 is 1. The lowest BCUT2D eigenvalue weighted by molar-refractivity contribution is -0.138. The van der Waals surface area contributed by atoms with Crippen LogP contribution in [0.3, 0.4) is 0 Å². The van der Waals surface area contributed by atoms with E-state index in [9.17, 15) is 4.79 Å². The summed E-state index contributed by atoms with van der Waals surface area (Å²) in [5, 5.41) is 0. The monoisotopic (exact) mass is 503 g/mol. The third kappa shape index (κ3) is 6.56. The smallest absolute Gasteiger partial charge is 0.229 e. The van der Waals surface area contributed by atoms with E-state index in [4.69, 9.17) is 4.74 Å². The van der Waals surface area contributed by atoms with Gasteiger partial charge in [0.05, 0.1) is 12.5 Å². The van der Waals surface area contributed by atoms with Crippen LogP contribution in [0.5, 0.6) is 5.75 Å². The van der Waals surface area contributed by atoms with Crippen molar-refractivity contribution in [1.29, 1.82) is 0 Å². The lowest BCUT2D eigenvalue weighted by Gasteiger charge is -2.37. The van der Waals surface area contributed by atoms with Crippen LogP contribution in [0.2, 0.25) is 0 Å². The molecule has 2 aromatic carbocycles. The zero-order chi connectivity index (χ0) is 25.7. The van der Waals surface area contributed by atoms with Crippen LogP contribution in [0.15, 0.2) is 54.6 Å². The summed E-state index contributed by atoms with van der Waals surface area (Å²) in [5.41, 5.74) is 2.64. The van der Waals surface area contributed by atoms with Crippen molar-refractivity contribution in [2.45, 2.75) is 57.9 Å². The van der Waals surface area contributed by atoms with Crippen LogP contribution >= 0.6 is 0 Å². The third-order valence-corrected chi connectivity index (χ3v) is 9.15. The third-order valence-electron chi connectivity index (χ3n) is 9.15. The molecule has 3 saturated heterocycles. The number of amides is 1. The zero-order valence-electron chi connectivity index (χ0n) is 22.9. The summed E-state index contributed by atoms with van der Waals surface area (Å²) in [7, 11) is 1.67. The highest BCUT2D eigenvalue weighted by Gasteiger charge is 2.47. The first-order valence-electron chi connectivity index (χ1n) is 14.5. The summed E-state index contributed by atoms with van der Waals surface area (Å²) < 4.78 is 5.19. The second-order valence-electron chi connectivity index (χ2n) is 11.6. The fourth-order valence-electron chi connectivity index (χ4n) is 6.42. The van der Waals surface area contributed by atoms with Gasteiger partial charge < -0.3 is 19.4 Å². The molecule has 3 aliphatic heterocycles. The van der Waals surface area contributed by atoms with Gasteiger partial charge >= 0.3 is 0 Å². The number of hydrogen-bond donors (Lipinski definition) is 0. The number of piperidine rings is 1. The Bertz CT molecular complexity index is 996. The van der Waals surface area contributed by atoms with Crippen LogP contribution in [0.25, 0.3) is 0 Å². The number of nitrogens with zero attached hydrogens (tertiary/aromatic N) is 3. The van der Waals surface area contributed by atoms with E-state index in [-0.39, 0.29) is 5.41 Å². The topological polar surface area (TPSA) is 36.0 Å². The van der Waals surface area contributed by atoms with Crippen LogP contribution in [0.4, 0.5) is 0 Å². The van der Waals surface area contributed by atoms with Crippen molar-refractivity contribution in [3.63, 3.8) is 0 Å². The Morgan fingerprint density at radius 1 is 0.865 bits per heavy atom. The minimum Gasteiger partial charge on any atom is -0.497 e. The van der Waals surface area contributed by atoms with Crippen molar-refractivity contribution in [2.75, 3.05) is 52.9 Å². The van der Waals surface area contributed by atoms with Gasteiger partial charge in [0.2, 0.25) is 5.91 Å². The number of ether oxygens (including phenoxy) is 1. The van der Waals surface area contributed by atoms with Crippen LogP contribution < -0.4 is 4.74 Å². The first-order chi connectivity index (χ1) is 18.1. The molecule has 0 N–H and O–H groups in total. The second kappa shape index (κ2) is 12.0. The first kappa shape index (κ1) is 26.2.